The Labute approximate surface area is 239 Å². The maximum absolute atomic E-state index is 13.7. The van der Waals surface area contributed by atoms with Gasteiger partial charge in [-0.05, 0) is 106 Å². The highest BCUT2D eigenvalue weighted by Crippen LogP contribution is 2.60. The van der Waals surface area contributed by atoms with Crippen LogP contribution in [-0.2, 0) is 31.6 Å². The lowest BCUT2D eigenvalue weighted by molar-refractivity contribution is -0.139. The molecule has 4 saturated carbocycles. The van der Waals surface area contributed by atoms with Crippen LogP contribution in [0.3, 0.4) is 0 Å². The van der Waals surface area contributed by atoms with Crippen molar-refractivity contribution in [2.45, 2.75) is 77.3 Å². The number of carbonyl (C=O) groups excluding carboxylic acids is 2. The first kappa shape index (κ1) is 28.7. The van der Waals surface area contributed by atoms with Crippen molar-refractivity contribution in [2.24, 2.45) is 17.8 Å². The van der Waals surface area contributed by atoms with E-state index >= 15 is 0 Å². The molecule has 0 unspecified atom stereocenters. The van der Waals surface area contributed by atoms with E-state index in [1.54, 1.807) is 6.92 Å². The standard InChI is InChI=1S/C32H43N3O4S/c1-5-33-31(37)23(3)34(20-24-8-6-7-22(2)13-24)30(36)21-35(40(4,38)39)29-11-9-28(10-12-29)32-17-25-14-26(18-32)16-27(15-25)19-32/h6-13,23,25-27H,5,14-21H2,1-4H3,(H,33,37)/t23-,25?,26?,27?,32?/m1/s1. The molecule has 2 amide bonds. The predicted molar refractivity (Wildman–Crippen MR) is 158 cm³/mol. The highest BCUT2D eigenvalue weighted by atomic mass is 32.2. The van der Waals surface area contributed by atoms with Crippen molar-refractivity contribution in [3.63, 3.8) is 0 Å². The average molecular weight is 566 g/mol. The summed E-state index contributed by atoms with van der Waals surface area (Å²) in [7, 11) is -3.75. The molecule has 1 N–H and O–H groups in total. The highest BCUT2D eigenvalue weighted by Gasteiger charge is 2.51. The van der Waals surface area contributed by atoms with E-state index in [0.29, 0.717) is 12.2 Å². The minimum Gasteiger partial charge on any atom is -0.355 e. The quantitative estimate of drug-likeness (QED) is 0.449. The zero-order chi connectivity index (χ0) is 28.7. The van der Waals surface area contributed by atoms with Crippen molar-refractivity contribution < 1.29 is 18.0 Å². The van der Waals surface area contributed by atoms with E-state index in [-0.39, 0.29) is 24.4 Å². The van der Waals surface area contributed by atoms with E-state index < -0.39 is 22.0 Å². The Hall–Kier alpha value is -2.87. The summed E-state index contributed by atoms with van der Waals surface area (Å²) in [6.07, 6.45) is 8.94. The number of hydrogen-bond donors (Lipinski definition) is 1. The van der Waals surface area contributed by atoms with Crippen molar-refractivity contribution in [1.82, 2.24) is 10.2 Å². The molecule has 0 aliphatic heterocycles. The number of nitrogens with one attached hydrogen (secondary N) is 1. The zero-order valence-corrected chi connectivity index (χ0v) is 25.0. The van der Waals surface area contributed by atoms with Crippen LogP contribution in [0.25, 0.3) is 0 Å². The summed E-state index contributed by atoms with van der Waals surface area (Å²) in [6.45, 7) is 5.77. The minimum absolute atomic E-state index is 0.210. The van der Waals surface area contributed by atoms with E-state index in [1.165, 1.54) is 53.3 Å². The van der Waals surface area contributed by atoms with E-state index in [9.17, 15) is 18.0 Å². The van der Waals surface area contributed by atoms with Gasteiger partial charge in [-0.2, -0.15) is 0 Å². The van der Waals surface area contributed by atoms with E-state index in [1.807, 2.05) is 50.2 Å². The number of aryl methyl sites for hydroxylation is 1. The Bertz CT molecular complexity index is 1320. The molecule has 40 heavy (non-hydrogen) atoms. The number of anilines is 1. The Balaban J connectivity index is 1.39. The molecule has 0 saturated heterocycles. The van der Waals surface area contributed by atoms with Crippen LogP contribution >= 0.6 is 0 Å². The SMILES string of the molecule is CCNC(=O)[C@@H](C)N(Cc1cccc(C)c1)C(=O)CN(c1ccc(C23CC4CC(CC(C4)C2)C3)cc1)S(C)(=O)=O. The van der Waals surface area contributed by atoms with Crippen LogP contribution in [0.2, 0.25) is 0 Å². The molecule has 0 spiro atoms. The third kappa shape index (κ3) is 5.92. The van der Waals surface area contributed by atoms with Gasteiger partial charge in [0.15, 0.2) is 0 Å². The molecule has 6 rings (SSSR count). The molecule has 0 heterocycles. The van der Waals surface area contributed by atoms with Crippen LogP contribution in [0.4, 0.5) is 5.69 Å². The van der Waals surface area contributed by atoms with Crippen LogP contribution in [0, 0.1) is 24.7 Å². The normalized spacial score (nSPS) is 25.9. The number of amides is 2. The van der Waals surface area contributed by atoms with Crippen LogP contribution in [0.15, 0.2) is 48.5 Å². The van der Waals surface area contributed by atoms with E-state index in [2.05, 4.69) is 17.4 Å². The van der Waals surface area contributed by atoms with Gasteiger partial charge in [0.2, 0.25) is 21.8 Å². The third-order valence-electron chi connectivity index (χ3n) is 9.44. The number of hydrogen-bond acceptors (Lipinski definition) is 4. The molecule has 4 bridgehead atoms. The fourth-order valence-electron chi connectivity index (χ4n) is 7.97. The highest BCUT2D eigenvalue weighted by molar-refractivity contribution is 7.92. The summed E-state index contributed by atoms with van der Waals surface area (Å²) < 4.78 is 27.1. The third-order valence-corrected chi connectivity index (χ3v) is 10.6. The van der Waals surface area contributed by atoms with E-state index in [4.69, 9.17) is 0 Å². The Morgan fingerprint density at radius 2 is 1.60 bits per heavy atom. The van der Waals surface area contributed by atoms with E-state index in [0.717, 1.165) is 35.1 Å². The van der Waals surface area contributed by atoms with Crippen LogP contribution in [-0.4, -0.2) is 50.5 Å². The minimum atomic E-state index is -3.75. The fraction of sp³-hybridized carbons (Fsp3) is 0.562. The smallest absolute Gasteiger partial charge is 0.244 e. The molecule has 4 aliphatic carbocycles. The summed E-state index contributed by atoms with van der Waals surface area (Å²) in [5, 5.41) is 2.79. The average Bonchev–Trinajstić information content (AvgIpc) is 2.89. The van der Waals surface area contributed by atoms with Crippen molar-refractivity contribution >= 4 is 27.5 Å². The topological polar surface area (TPSA) is 86.8 Å². The molecule has 8 heteroatoms. The number of likely N-dealkylation sites (N-methyl/N-ethyl adjacent to an activating group) is 1. The first-order valence-corrected chi connectivity index (χ1v) is 16.5. The predicted octanol–water partition coefficient (Wildman–Crippen LogP) is 4.78. The van der Waals surface area contributed by atoms with Gasteiger partial charge in [0.05, 0.1) is 11.9 Å². The van der Waals surface area contributed by atoms with Gasteiger partial charge in [-0.25, -0.2) is 8.42 Å². The second-order valence-corrected chi connectivity index (χ2v) is 14.5. The lowest BCUT2D eigenvalue weighted by Crippen LogP contribution is -2.51. The molecular formula is C32H43N3O4S. The first-order valence-electron chi connectivity index (χ1n) is 14.7. The molecular weight excluding hydrogens is 522 g/mol. The van der Waals surface area contributed by atoms with Crippen molar-refractivity contribution in [3.05, 3.63) is 65.2 Å². The van der Waals surface area contributed by atoms with Gasteiger partial charge in [-0.1, -0.05) is 42.0 Å². The van der Waals surface area contributed by atoms with Crippen molar-refractivity contribution in [2.75, 3.05) is 23.7 Å². The summed E-state index contributed by atoms with van der Waals surface area (Å²) in [5.74, 6) is 1.78. The summed E-state index contributed by atoms with van der Waals surface area (Å²) in [6, 6.07) is 14.9. The Morgan fingerprint density at radius 1 is 1.00 bits per heavy atom. The van der Waals surface area contributed by atoms with Crippen molar-refractivity contribution in [1.29, 1.82) is 0 Å². The number of nitrogens with zero attached hydrogens (tertiary/aromatic N) is 2. The summed E-state index contributed by atoms with van der Waals surface area (Å²) >= 11 is 0. The van der Waals surface area contributed by atoms with Gasteiger partial charge in [-0.3, -0.25) is 13.9 Å². The maximum Gasteiger partial charge on any atom is 0.244 e. The molecule has 2 aromatic carbocycles. The first-order chi connectivity index (χ1) is 19.0. The lowest BCUT2D eigenvalue weighted by atomic mass is 9.48. The Morgan fingerprint density at radius 3 is 2.12 bits per heavy atom. The molecule has 0 aromatic heterocycles. The molecule has 2 aromatic rings. The van der Waals surface area contributed by atoms with Gasteiger partial charge < -0.3 is 10.2 Å². The van der Waals surface area contributed by atoms with Gasteiger partial charge in [0.25, 0.3) is 0 Å². The van der Waals surface area contributed by atoms with Crippen molar-refractivity contribution in [3.8, 4) is 0 Å². The molecule has 4 fully saturated rings. The number of sulfonamides is 1. The number of rotatable bonds is 10. The van der Waals surface area contributed by atoms with Gasteiger partial charge in [0, 0.05) is 13.1 Å². The molecule has 216 valence electrons. The van der Waals surface area contributed by atoms with Gasteiger partial charge in [0.1, 0.15) is 12.6 Å². The molecule has 4 aliphatic rings. The molecule has 1 atom stereocenters. The zero-order valence-electron chi connectivity index (χ0n) is 24.2. The molecule has 7 nitrogen and oxygen atoms in total. The van der Waals surface area contributed by atoms with Gasteiger partial charge >= 0.3 is 0 Å². The van der Waals surface area contributed by atoms with Gasteiger partial charge in [-0.15, -0.1) is 0 Å². The largest absolute Gasteiger partial charge is 0.355 e. The lowest BCUT2D eigenvalue weighted by Gasteiger charge is -2.57. The fourth-order valence-corrected chi connectivity index (χ4v) is 8.82. The second-order valence-electron chi connectivity index (χ2n) is 12.6. The monoisotopic (exact) mass is 565 g/mol. The molecule has 0 radical (unpaired) electrons. The number of carbonyl (C=O) groups is 2. The van der Waals surface area contributed by atoms with Crippen LogP contribution in [0.1, 0.15) is 69.1 Å². The van der Waals surface area contributed by atoms with Crippen LogP contribution in [0.5, 0.6) is 0 Å². The summed E-state index contributed by atoms with van der Waals surface area (Å²) in [4.78, 5) is 28.0. The van der Waals surface area contributed by atoms with Crippen LogP contribution < -0.4 is 9.62 Å². The summed E-state index contributed by atoms with van der Waals surface area (Å²) in [5.41, 5.74) is 3.93. The number of benzene rings is 2. The second kappa shape index (κ2) is 11.2. The Kier molecular flexibility index (Phi) is 8.01. The maximum atomic E-state index is 13.7.